The van der Waals surface area contributed by atoms with E-state index in [1.54, 1.807) is 0 Å². The average Bonchev–Trinajstić information content (AvgIpc) is 3.71. The Morgan fingerprint density at radius 2 is 1.71 bits per heavy atom. The van der Waals surface area contributed by atoms with Crippen LogP contribution in [0.25, 0.3) is 10.8 Å². The summed E-state index contributed by atoms with van der Waals surface area (Å²) in [5.41, 5.74) is 3.60. The lowest BCUT2D eigenvalue weighted by Gasteiger charge is -2.12. The summed E-state index contributed by atoms with van der Waals surface area (Å²) in [7, 11) is 0. The number of nitrogens with one attached hydrogen (secondary N) is 1. The van der Waals surface area contributed by atoms with Crippen molar-refractivity contribution >= 4 is 10.8 Å². The first-order valence-corrected chi connectivity index (χ1v) is 15.4. The van der Waals surface area contributed by atoms with Crippen LogP contribution in [0.1, 0.15) is 52.5 Å². The first-order chi connectivity index (χ1) is 20.5. The quantitative estimate of drug-likeness (QED) is 0.118. The van der Waals surface area contributed by atoms with E-state index in [1.807, 2.05) is 18.4 Å². The van der Waals surface area contributed by atoms with Crippen LogP contribution in [0.3, 0.4) is 0 Å². The zero-order valence-corrected chi connectivity index (χ0v) is 26.0. The topological polar surface area (TPSA) is 24.6 Å². The van der Waals surface area contributed by atoms with Crippen molar-refractivity contribution in [1.82, 2.24) is 5.32 Å². The number of hydrogen-bond acceptors (Lipinski definition) is 2. The lowest BCUT2D eigenvalue weighted by molar-refractivity contribution is 0.317. The van der Waals surface area contributed by atoms with Crippen LogP contribution in [-0.4, -0.2) is 18.2 Å². The fraction of sp³-hybridized carbons (Fsp3) is 0.300. The van der Waals surface area contributed by atoms with Crippen molar-refractivity contribution in [3.8, 4) is 0 Å². The summed E-state index contributed by atoms with van der Waals surface area (Å²) < 4.78 is 6.31. The second-order valence-corrected chi connectivity index (χ2v) is 11.0. The molecule has 0 aliphatic carbocycles. The Kier molecular flexibility index (Phi) is 13.9. The van der Waals surface area contributed by atoms with Crippen LogP contribution in [0.5, 0.6) is 0 Å². The molecule has 2 unspecified atom stereocenters. The van der Waals surface area contributed by atoms with Crippen molar-refractivity contribution in [1.29, 1.82) is 0 Å². The monoisotopic (exact) mass is 559 g/mol. The maximum Gasteiger partial charge on any atom is 0.120 e. The van der Waals surface area contributed by atoms with Gasteiger partial charge in [0.1, 0.15) is 11.7 Å². The van der Waals surface area contributed by atoms with Crippen LogP contribution in [0.4, 0.5) is 0 Å². The third kappa shape index (κ3) is 10.5. The van der Waals surface area contributed by atoms with Gasteiger partial charge >= 0.3 is 0 Å². The number of hydrogen-bond donors (Lipinski definition) is 1. The first kappa shape index (κ1) is 32.6. The maximum atomic E-state index is 6.31. The Balaban J connectivity index is 1.51. The standard InChI is InChI=1S/C40H49NO/c1-6-8-9-14-26-39-40(42-39,34(5)21-17-19-30-41-31-20-25-36(7-2)33(3)4)29-18-12-10-11-13-22-35-27-28-37-23-15-16-24-38(37)32-35/h7-17,19-21,23-28,31-33,39,41H,2,6,18,22,29-30H2,1,3-5H3/b9-8-,12-10-,13-11-,19-17-,26-14-,31-20+,34-21-,36-25+. The molecule has 1 heterocycles. The Morgan fingerprint density at radius 1 is 0.929 bits per heavy atom. The van der Waals surface area contributed by atoms with Gasteiger partial charge in [0.25, 0.3) is 0 Å². The molecule has 42 heavy (non-hydrogen) atoms. The summed E-state index contributed by atoms with van der Waals surface area (Å²) in [6, 6.07) is 15.2. The van der Waals surface area contributed by atoms with Crippen LogP contribution in [0, 0.1) is 5.92 Å². The minimum atomic E-state index is -0.226. The molecule has 0 saturated carbocycles. The van der Waals surface area contributed by atoms with E-state index in [2.05, 4.69) is 155 Å². The molecule has 0 radical (unpaired) electrons. The predicted octanol–water partition coefficient (Wildman–Crippen LogP) is 10.3. The summed E-state index contributed by atoms with van der Waals surface area (Å²) in [5, 5.41) is 5.90. The summed E-state index contributed by atoms with van der Waals surface area (Å²) in [6.07, 6.45) is 35.9. The van der Waals surface area contributed by atoms with E-state index in [1.165, 1.54) is 27.5 Å². The fourth-order valence-corrected chi connectivity index (χ4v) is 4.88. The minimum Gasteiger partial charge on any atom is -0.387 e. The number of fused-ring (bicyclic) bond motifs is 1. The van der Waals surface area contributed by atoms with Crippen molar-refractivity contribution in [2.45, 2.75) is 65.1 Å². The molecule has 2 heteroatoms. The van der Waals surface area contributed by atoms with Gasteiger partial charge in [0.05, 0.1) is 0 Å². The van der Waals surface area contributed by atoms with E-state index in [-0.39, 0.29) is 11.7 Å². The zero-order chi connectivity index (χ0) is 30.0. The predicted molar refractivity (Wildman–Crippen MR) is 184 cm³/mol. The van der Waals surface area contributed by atoms with Crippen LogP contribution < -0.4 is 5.32 Å². The molecule has 1 saturated heterocycles. The van der Waals surface area contributed by atoms with Gasteiger partial charge in [0, 0.05) is 6.54 Å². The highest BCUT2D eigenvalue weighted by molar-refractivity contribution is 5.83. The number of ether oxygens (including phenoxy) is 1. The number of rotatable bonds is 17. The van der Waals surface area contributed by atoms with Gasteiger partial charge in [-0.15, -0.1) is 0 Å². The molecule has 0 aromatic heterocycles. The third-order valence-corrected chi connectivity index (χ3v) is 7.53. The van der Waals surface area contributed by atoms with Gasteiger partial charge in [-0.25, -0.2) is 0 Å². The third-order valence-electron chi connectivity index (χ3n) is 7.53. The highest BCUT2D eigenvalue weighted by Gasteiger charge is 2.55. The summed E-state index contributed by atoms with van der Waals surface area (Å²) in [6.45, 7) is 13.3. The highest BCUT2D eigenvalue weighted by atomic mass is 16.6. The lowest BCUT2D eigenvalue weighted by atomic mass is 9.90. The SMILES string of the molecule is C=C/C(=C\C=C\NC/C=C\C=C(\C)C1(CC/C=C\C=C/Cc2ccc3ccccc3c2)OC1/C=C\C=C/CC)C(C)C. The van der Waals surface area contributed by atoms with Crippen LogP contribution in [-0.2, 0) is 11.2 Å². The number of allylic oxidation sites excluding steroid dienone is 13. The van der Waals surface area contributed by atoms with Gasteiger partial charge in [-0.1, -0.05) is 149 Å². The highest BCUT2D eigenvalue weighted by Crippen LogP contribution is 2.47. The van der Waals surface area contributed by atoms with Crippen molar-refractivity contribution in [2.24, 2.45) is 5.92 Å². The summed E-state index contributed by atoms with van der Waals surface area (Å²) in [4.78, 5) is 0. The molecule has 3 rings (SSSR count). The second kappa shape index (κ2) is 17.8. The zero-order valence-electron chi connectivity index (χ0n) is 26.0. The van der Waals surface area contributed by atoms with E-state index in [0.717, 1.165) is 32.2 Å². The second-order valence-electron chi connectivity index (χ2n) is 11.0. The van der Waals surface area contributed by atoms with Gasteiger partial charge < -0.3 is 10.1 Å². The van der Waals surface area contributed by atoms with Crippen LogP contribution >= 0.6 is 0 Å². The van der Waals surface area contributed by atoms with Crippen molar-refractivity contribution < 1.29 is 4.74 Å². The smallest absolute Gasteiger partial charge is 0.120 e. The van der Waals surface area contributed by atoms with Gasteiger partial charge in [-0.2, -0.15) is 0 Å². The molecule has 1 N–H and O–H groups in total. The van der Waals surface area contributed by atoms with Crippen molar-refractivity contribution in [2.75, 3.05) is 6.54 Å². The molecule has 2 aromatic carbocycles. The Morgan fingerprint density at radius 3 is 2.50 bits per heavy atom. The van der Waals surface area contributed by atoms with Crippen LogP contribution in [0.2, 0.25) is 0 Å². The van der Waals surface area contributed by atoms with Crippen LogP contribution in [0.15, 0.2) is 151 Å². The molecular formula is C40H49NO. The Hall–Kier alpha value is -3.88. The Bertz CT molecular complexity index is 1380. The molecule has 0 spiro atoms. The minimum absolute atomic E-state index is 0.119. The molecule has 1 aliphatic heterocycles. The molecule has 1 aliphatic rings. The van der Waals surface area contributed by atoms with Gasteiger partial charge in [-0.3, -0.25) is 0 Å². The molecule has 1 fully saturated rings. The molecule has 2 atom stereocenters. The fourth-order valence-electron chi connectivity index (χ4n) is 4.88. The largest absolute Gasteiger partial charge is 0.387 e. The normalized spacial score (nSPS) is 20.2. The number of epoxide rings is 1. The van der Waals surface area contributed by atoms with E-state index in [0.29, 0.717) is 5.92 Å². The van der Waals surface area contributed by atoms with E-state index >= 15 is 0 Å². The molecular weight excluding hydrogens is 510 g/mol. The van der Waals surface area contributed by atoms with Crippen molar-refractivity contribution in [3.05, 3.63) is 157 Å². The lowest BCUT2D eigenvalue weighted by Crippen LogP contribution is -2.16. The first-order valence-electron chi connectivity index (χ1n) is 15.4. The summed E-state index contributed by atoms with van der Waals surface area (Å²) >= 11 is 0. The Labute approximate surface area is 255 Å². The number of benzene rings is 2. The average molecular weight is 560 g/mol. The van der Waals surface area contributed by atoms with Crippen molar-refractivity contribution in [3.63, 3.8) is 0 Å². The maximum absolute atomic E-state index is 6.31. The van der Waals surface area contributed by atoms with Gasteiger partial charge in [-0.05, 0) is 78.3 Å². The molecule has 220 valence electrons. The van der Waals surface area contributed by atoms with E-state index in [9.17, 15) is 0 Å². The molecule has 0 amide bonds. The van der Waals surface area contributed by atoms with E-state index in [4.69, 9.17) is 4.74 Å². The van der Waals surface area contributed by atoms with Gasteiger partial charge in [0.15, 0.2) is 0 Å². The van der Waals surface area contributed by atoms with E-state index < -0.39 is 0 Å². The van der Waals surface area contributed by atoms with Gasteiger partial charge in [0.2, 0.25) is 0 Å². The molecule has 0 bridgehead atoms. The summed E-state index contributed by atoms with van der Waals surface area (Å²) in [5.74, 6) is 0.478. The molecule has 2 nitrogen and oxygen atoms in total. The molecule has 2 aromatic rings.